The van der Waals surface area contributed by atoms with Crippen molar-refractivity contribution in [3.05, 3.63) is 0 Å². The Kier molecular flexibility index (Phi) is 9.16. The minimum Gasteiger partial charge on any atom is -0.370 e. The van der Waals surface area contributed by atoms with Crippen LogP contribution in [0.3, 0.4) is 0 Å². The van der Waals surface area contributed by atoms with E-state index in [0.29, 0.717) is 5.11 Å². The third-order valence-corrected chi connectivity index (χ3v) is 2.27. The summed E-state index contributed by atoms with van der Waals surface area (Å²) in [7, 11) is 0. The molecule has 0 aromatic carbocycles. The number of nitrogens with zero attached hydrogens (tertiary/aromatic N) is 1. The summed E-state index contributed by atoms with van der Waals surface area (Å²) < 4.78 is 0. The summed E-state index contributed by atoms with van der Waals surface area (Å²) in [4.78, 5) is 3.72. The molecule has 0 bridgehead atoms. The molecule has 0 heterocycles. The lowest BCUT2D eigenvalue weighted by molar-refractivity contribution is 0.602. The van der Waals surface area contributed by atoms with Crippen LogP contribution in [0.1, 0.15) is 45.4 Å². The second-order valence-corrected chi connectivity index (χ2v) is 3.92. The van der Waals surface area contributed by atoms with Crippen molar-refractivity contribution in [3.8, 4) is 0 Å². The first-order valence-corrected chi connectivity index (χ1v) is 5.95. The summed E-state index contributed by atoms with van der Waals surface area (Å²) in [6.45, 7) is 3.07. The Morgan fingerprint density at radius 2 is 1.73 bits per heavy atom. The molecule has 88 valence electrons. The second kappa shape index (κ2) is 9.71. The van der Waals surface area contributed by atoms with Gasteiger partial charge in [-0.2, -0.15) is 4.99 Å². The molecule has 0 unspecified atom stereocenters. The van der Waals surface area contributed by atoms with Gasteiger partial charge in [0.25, 0.3) is 0 Å². The van der Waals surface area contributed by atoms with Gasteiger partial charge in [-0.25, -0.2) is 0 Å². The number of nitrogens with two attached hydrogens (primary N) is 2. The molecule has 0 aromatic heterocycles. The number of rotatable bonds is 7. The number of nitrogens with one attached hydrogen (secondary N) is 1. The molecule has 15 heavy (non-hydrogen) atoms. The van der Waals surface area contributed by atoms with Crippen molar-refractivity contribution in [2.75, 3.05) is 6.54 Å². The molecule has 5 heteroatoms. The zero-order chi connectivity index (χ0) is 11.5. The highest BCUT2D eigenvalue weighted by Crippen LogP contribution is 2.03. The Morgan fingerprint density at radius 3 is 2.33 bits per heavy atom. The van der Waals surface area contributed by atoms with Crippen LogP contribution < -0.4 is 16.8 Å². The molecule has 4 nitrogen and oxygen atoms in total. The molecule has 0 amide bonds. The molecule has 0 atom stereocenters. The van der Waals surface area contributed by atoms with Crippen molar-refractivity contribution in [2.24, 2.45) is 16.5 Å². The normalized spacial score (nSPS) is 9.67. The van der Waals surface area contributed by atoms with E-state index < -0.39 is 0 Å². The summed E-state index contributed by atoms with van der Waals surface area (Å²) in [5.41, 5.74) is 10.4. The Hall–Kier alpha value is -0.840. The first-order chi connectivity index (χ1) is 7.16. The van der Waals surface area contributed by atoms with E-state index in [-0.39, 0.29) is 5.96 Å². The molecule has 0 aliphatic carbocycles. The Bertz CT molecular complexity index is 200. The summed E-state index contributed by atoms with van der Waals surface area (Å²) in [6, 6.07) is 0. The maximum absolute atomic E-state index is 5.18. The molecular formula is C10H22N4S. The standard InChI is InChI=1S/C10H22N4S/c1-2-3-4-5-6-7-8-13-10(15)14-9(11)12/h2-8H2,1H3,(H5,11,12,13,14,15). The maximum atomic E-state index is 5.18. The lowest BCUT2D eigenvalue weighted by Gasteiger charge is -2.03. The largest absolute Gasteiger partial charge is 0.370 e. The van der Waals surface area contributed by atoms with Gasteiger partial charge in [0, 0.05) is 6.54 Å². The van der Waals surface area contributed by atoms with Gasteiger partial charge in [0.05, 0.1) is 0 Å². The average molecular weight is 230 g/mol. The summed E-state index contributed by atoms with van der Waals surface area (Å²) >= 11 is 4.89. The quantitative estimate of drug-likeness (QED) is 0.268. The molecule has 0 aliphatic heterocycles. The van der Waals surface area contributed by atoms with Gasteiger partial charge in [0.15, 0.2) is 11.1 Å². The van der Waals surface area contributed by atoms with Gasteiger partial charge in [-0.05, 0) is 18.6 Å². The van der Waals surface area contributed by atoms with Crippen molar-refractivity contribution in [3.63, 3.8) is 0 Å². The van der Waals surface area contributed by atoms with Crippen LogP contribution >= 0.6 is 12.2 Å². The predicted octanol–water partition coefficient (Wildman–Crippen LogP) is 1.49. The van der Waals surface area contributed by atoms with Crippen LogP contribution in [-0.2, 0) is 0 Å². The zero-order valence-corrected chi connectivity index (χ0v) is 10.3. The highest BCUT2D eigenvalue weighted by molar-refractivity contribution is 7.80. The second-order valence-electron chi connectivity index (χ2n) is 3.54. The SMILES string of the molecule is CCCCCCCCNC(=S)N=C(N)N. The third kappa shape index (κ3) is 11.1. The molecule has 0 saturated carbocycles. The zero-order valence-electron chi connectivity index (χ0n) is 9.46. The fraction of sp³-hybridized carbons (Fsp3) is 0.800. The number of guanidine groups is 1. The molecule has 0 spiro atoms. The molecule has 0 aromatic rings. The van der Waals surface area contributed by atoms with Crippen LogP contribution in [0.2, 0.25) is 0 Å². The average Bonchev–Trinajstić information content (AvgIpc) is 2.15. The lowest BCUT2D eigenvalue weighted by Crippen LogP contribution is -2.28. The Balaban J connectivity index is 3.24. The summed E-state index contributed by atoms with van der Waals surface area (Å²) in [5.74, 6) is 0.00967. The predicted molar refractivity (Wildman–Crippen MR) is 69.8 cm³/mol. The van der Waals surface area contributed by atoms with Crippen LogP contribution in [0.4, 0.5) is 0 Å². The van der Waals surface area contributed by atoms with E-state index in [4.69, 9.17) is 23.7 Å². The minimum atomic E-state index is 0.00967. The van der Waals surface area contributed by atoms with Crippen LogP contribution in [0, 0.1) is 0 Å². The van der Waals surface area contributed by atoms with E-state index >= 15 is 0 Å². The first-order valence-electron chi connectivity index (χ1n) is 5.54. The van der Waals surface area contributed by atoms with Gasteiger partial charge in [0.2, 0.25) is 0 Å². The Labute approximate surface area is 97.5 Å². The van der Waals surface area contributed by atoms with Crippen molar-refractivity contribution in [2.45, 2.75) is 45.4 Å². The highest BCUT2D eigenvalue weighted by Gasteiger charge is 1.93. The molecule has 0 radical (unpaired) electrons. The maximum Gasteiger partial charge on any atom is 0.196 e. The van der Waals surface area contributed by atoms with Gasteiger partial charge in [-0.1, -0.05) is 39.0 Å². The molecule has 0 aliphatic rings. The van der Waals surface area contributed by atoms with Crippen molar-refractivity contribution >= 4 is 23.3 Å². The molecule has 0 rings (SSSR count). The lowest BCUT2D eigenvalue weighted by atomic mass is 10.1. The number of aliphatic imine (C=N–C) groups is 1. The third-order valence-electron chi connectivity index (χ3n) is 2.04. The van der Waals surface area contributed by atoms with Gasteiger partial charge in [0.1, 0.15) is 0 Å². The highest BCUT2D eigenvalue weighted by atomic mass is 32.1. The number of hydrogen-bond acceptors (Lipinski definition) is 1. The van der Waals surface area contributed by atoms with Crippen LogP contribution in [0.15, 0.2) is 4.99 Å². The van der Waals surface area contributed by atoms with Crippen molar-refractivity contribution in [1.82, 2.24) is 5.32 Å². The van der Waals surface area contributed by atoms with Gasteiger partial charge < -0.3 is 16.8 Å². The topological polar surface area (TPSA) is 76.4 Å². The summed E-state index contributed by atoms with van der Waals surface area (Å²) in [5, 5.41) is 3.37. The first kappa shape index (κ1) is 14.2. The van der Waals surface area contributed by atoms with Gasteiger partial charge >= 0.3 is 0 Å². The Morgan fingerprint density at radius 1 is 1.13 bits per heavy atom. The van der Waals surface area contributed by atoms with E-state index in [0.717, 1.165) is 13.0 Å². The van der Waals surface area contributed by atoms with E-state index in [1.807, 2.05) is 0 Å². The van der Waals surface area contributed by atoms with E-state index in [1.165, 1.54) is 32.1 Å². The van der Waals surface area contributed by atoms with Crippen LogP contribution in [0.25, 0.3) is 0 Å². The number of unbranched alkanes of at least 4 members (excludes halogenated alkanes) is 5. The molecule has 0 fully saturated rings. The number of hydrogen-bond donors (Lipinski definition) is 3. The van der Waals surface area contributed by atoms with E-state index in [2.05, 4.69) is 17.2 Å². The van der Waals surface area contributed by atoms with Crippen LogP contribution in [0.5, 0.6) is 0 Å². The molecule has 0 saturated heterocycles. The van der Waals surface area contributed by atoms with Gasteiger partial charge in [-0.3, -0.25) is 0 Å². The van der Waals surface area contributed by atoms with Crippen LogP contribution in [-0.4, -0.2) is 17.6 Å². The monoisotopic (exact) mass is 230 g/mol. The fourth-order valence-corrected chi connectivity index (χ4v) is 1.46. The van der Waals surface area contributed by atoms with Gasteiger partial charge in [-0.15, -0.1) is 0 Å². The number of thiocarbonyl (C=S) groups is 1. The van der Waals surface area contributed by atoms with Crippen molar-refractivity contribution < 1.29 is 0 Å². The van der Waals surface area contributed by atoms with E-state index in [9.17, 15) is 0 Å². The van der Waals surface area contributed by atoms with Crippen molar-refractivity contribution in [1.29, 1.82) is 0 Å². The minimum absolute atomic E-state index is 0.00967. The smallest absolute Gasteiger partial charge is 0.196 e. The van der Waals surface area contributed by atoms with E-state index in [1.54, 1.807) is 0 Å². The molecular weight excluding hydrogens is 208 g/mol. The fourth-order valence-electron chi connectivity index (χ4n) is 1.26. The molecule has 5 N–H and O–H groups in total. The summed E-state index contributed by atoms with van der Waals surface area (Å²) in [6.07, 6.45) is 7.59.